The van der Waals surface area contributed by atoms with E-state index >= 15 is 0 Å². The summed E-state index contributed by atoms with van der Waals surface area (Å²) >= 11 is 0. The van der Waals surface area contributed by atoms with Crippen molar-refractivity contribution in [2.75, 3.05) is 12.0 Å². The summed E-state index contributed by atoms with van der Waals surface area (Å²) in [6.45, 7) is 0. The van der Waals surface area contributed by atoms with E-state index in [0.717, 1.165) is 12.8 Å². The van der Waals surface area contributed by atoms with Crippen LogP contribution in [0.15, 0.2) is 0 Å². The van der Waals surface area contributed by atoms with Crippen molar-refractivity contribution in [2.45, 2.75) is 24.8 Å². The number of sulfone groups is 1. The van der Waals surface area contributed by atoms with Gasteiger partial charge in [-0.25, -0.2) is 8.42 Å². The smallest absolute Gasteiger partial charge is 0.149 e. The van der Waals surface area contributed by atoms with Crippen molar-refractivity contribution >= 4 is 9.84 Å². The Morgan fingerprint density at radius 3 is 2.33 bits per heavy atom. The molecule has 0 saturated heterocycles. The average Bonchev–Trinajstić information content (AvgIpc) is 2.33. The predicted octanol–water partition coefficient (Wildman–Crippen LogP) is 0.158. The highest BCUT2D eigenvalue weighted by atomic mass is 32.2. The number of fused-ring (bicyclic) bond motifs is 1. The summed E-state index contributed by atoms with van der Waals surface area (Å²) in [4.78, 5) is 0. The fourth-order valence-electron chi connectivity index (χ4n) is 2.79. The van der Waals surface area contributed by atoms with Gasteiger partial charge in [0.25, 0.3) is 0 Å². The first-order valence-corrected chi connectivity index (χ1v) is 6.46. The van der Waals surface area contributed by atoms with Crippen LogP contribution in [0.3, 0.4) is 0 Å². The summed E-state index contributed by atoms with van der Waals surface area (Å²) in [6.07, 6.45) is 4.78. The quantitative estimate of drug-likeness (QED) is 0.673. The van der Waals surface area contributed by atoms with Crippen LogP contribution < -0.4 is 5.73 Å². The molecule has 2 aliphatic rings. The third-order valence-corrected chi connectivity index (χ3v) is 4.32. The van der Waals surface area contributed by atoms with E-state index in [9.17, 15) is 8.42 Å². The lowest BCUT2D eigenvalue weighted by Gasteiger charge is -2.13. The Morgan fingerprint density at radius 2 is 1.92 bits per heavy atom. The number of nitrogens with two attached hydrogens (primary N) is 1. The van der Waals surface area contributed by atoms with Crippen LogP contribution in [-0.2, 0) is 9.84 Å². The summed E-state index contributed by atoms with van der Waals surface area (Å²) in [6, 6.07) is 0. The number of hydrogen-bond acceptors (Lipinski definition) is 3. The number of hydrogen-bond donors (Lipinski definition) is 1. The Hall–Kier alpha value is -0.0900. The van der Waals surface area contributed by atoms with Crippen molar-refractivity contribution in [3.05, 3.63) is 0 Å². The molecular formula is C8H15NO2S. The summed E-state index contributed by atoms with van der Waals surface area (Å²) in [5.41, 5.74) is 5.66. The molecule has 0 aliphatic heterocycles. The van der Waals surface area contributed by atoms with Crippen molar-refractivity contribution in [3.8, 4) is 0 Å². The molecule has 2 aliphatic carbocycles. The van der Waals surface area contributed by atoms with E-state index in [1.54, 1.807) is 0 Å². The van der Waals surface area contributed by atoms with Crippen LogP contribution in [0.5, 0.6) is 0 Å². The van der Waals surface area contributed by atoms with Crippen LogP contribution in [-0.4, -0.2) is 26.0 Å². The number of rotatable bonds is 2. The molecule has 2 rings (SSSR count). The Balaban J connectivity index is 2.08. The van der Waals surface area contributed by atoms with Gasteiger partial charge in [0.15, 0.2) is 0 Å². The Labute approximate surface area is 73.2 Å². The van der Waals surface area contributed by atoms with Gasteiger partial charge in [-0.05, 0) is 24.7 Å². The van der Waals surface area contributed by atoms with Crippen LogP contribution in [0, 0.1) is 11.8 Å². The first kappa shape index (κ1) is 8.51. The molecule has 2 N–H and O–H groups in total. The van der Waals surface area contributed by atoms with Crippen molar-refractivity contribution < 1.29 is 8.42 Å². The van der Waals surface area contributed by atoms with Gasteiger partial charge in [-0.3, -0.25) is 0 Å². The van der Waals surface area contributed by atoms with Gasteiger partial charge in [0.2, 0.25) is 0 Å². The van der Waals surface area contributed by atoms with Gasteiger partial charge >= 0.3 is 0 Å². The second-order valence-electron chi connectivity index (χ2n) is 4.33. The van der Waals surface area contributed by atoms with E-state index in [2.05, 4.69) is 0 Å². The van der Waals surface area contributed by atoms with Crippen LogP contribution >= 0.6 is 0 Å². The van der Waals surface area contributed by atoms with E-state index in [4.69, 9.17) is 5.73 Å². The van der Waals surface area contributed by atoms with Gasteiger partial charge < -0.3 is 5.73 Å². The van der Waals surface area contributed by atoms with Gasteiger partial charge in [0.05, 0.1) is 5.75 Å². The largest absolute Gasteiger partial charge is 0.324 e. The minimum Gasteiger partial charge on any atom is -0.324 e. The SMILES string of the molecule is CS(=O)(=O)CC1(N)C2CCCC21. The molecule has 0 heterocycles. The van der Waals surface area contributed by atoms with Gasteiger partial charge in [-0.15, -0.1) is 0 Å². The maximum absolute atomic E-state index is 11.0. The molecule has 2 fully saturated rings. The predicted molar refractivity (Wildman–Crippen MR) is 47.5 cm³/mol. The van der Waals surface area contributed by atoms with Crippen molar-refractivity contribution in [1.82, 2.24) is 0 Å². The van der Waals surface area contributed by atoms with Gasteiger partial charge in [0.1, 0.15) is 9.84 Å². The molecule has 70 valence electrons. The molecule has 0 aromatic heterocycles. The van der Waals surface area contributed by atoms with Crippen molar-refractivity contribution in [3.63, 3.8) is 0 Å². The molecule has 0 aromatic carbocycles. The van der Waals surface area contributed by atoms with Crippen LogP contribution in [0.4, 0.5) is 0 Å². The minimum absolute atomic E-state index is 0.190. The standard InChI is InChI=1S/C8H15NO2S/c1-12(10,11)5-8(9)6-3-2-4-7(6)8/h6-7H,2-5,9H2,1H3. The van der Waals surface area contributed by atoms with E-state index in [1.807, 2.05) is 0 Å². The maximum Gasteiger partial charge on any atom is 0.149 e. The zero-order valence-electron chi connectivity index (χ0n) is 7.29. The highest BCUT2D eigenvalue weighted by Crippen LogP contribution is 2.59. The third kappa shape index (κ3) is 1.17. The molecular weight excluding hydrogens is 174 g/mol. The first-order valence-electron chi connectivity index (χ1n) is 4.40. The van der Waals surface area contributed by atoms with E-state index in [1.165, 1.54) is 12.7 Å². The normalized spacial score (nSPS) is 45.8. The topological polar surface area (TPSA) is 60.2 Å². The fourth-order valence-corrected chi connectivity index (χ4v) is 4.13. The summed E-state index contributed by atoms with van der Waals surface area (Å²) in [7, 11) is -2.89. The van der Waals surface area contributed by atoms with Crippen LogP contribution in [0.25, 0.3) is 0 Å². The van der Waals surface area contributed by atoms with Gasteiger partial charge in [0, 0.05) is 11.8 Å². The Kier molecular flexibility index (Phi) is 1.58. The van der Waals surface area contributed by atoms with E-state index < -0.39 is 9.84 Å². The lowest BCUT2D eigenvalue weighted by molar-refractivity contribution is 0.530. The van der Waals surface area contributed by atoms with Gasteiger partial charge in [-0.2, -0.15) is 0 Å². The highest BCUT2D eigenvalue weighted by Gasteiger charge is 2.64. The molecule has 0 aromatic rings. The van der Waals surface area contributed by atoms with Crippen LogP contribution in [0.1, 0.15) is 19.3 Å². The van der Waals surface area contributed by atoms with Crippen LogP contribution in [0.2, 0.25) is 0 Å². The molecule has 2 unspecified atom stereocenters. The van der Waals surface area contributed by atoms with E-state index in [0.29, 0.717) is 11.8 Å². The molecule has 2 atom stereocenters. The summed E-state index contributed by atoms with van der Waals surface area (Å²) < 4.78 is 22.1. The van der Waals surface area contributed by atoms with E-state index in [-0.39, 0.29) is 11.3 Å². The monoisotopic (exact) mass is 189 g/mol. The molecule has 0 amide bonds. The molecule has 4 heteroatoms. The zero-order chi connectivity index (χ0) is 8.98. The second kappa shape index (κ2) is 2.23. The lowest BCUT2D eigenvalue weighted by atomic mass is 10.1. The first-order chi connectivity index (χ1) is 5.43. The van der Waals surface area contributed by atoms with Gasteiger partial charge in [-0.1, -0.05) is 6.42 Å². The van der Waals surface area contributed by atoms with Crippen molar-refractivity contribution in [1.29, 1.82) is 0 Å². The highest BCUT2D eigenvalue weighted by molar-refractivity contribution is 7.90. The Bertz CT molecular complexity index is 286. The lowest BCUT2D eigenvalue weighted by Crippen LogP contribution is -2.36. The fraction of sp³-hybridized carbons (Fsp3) is 1.00. The second-order valence-corrected chi connectivity index (χ2v) is 6.47. The average molecular weight is 189 g/mol. The molecule has 2 saturated carbocycles. The third-order valence-electron chi connectivity index (χ3n) is 3.30. The molecule has 0 spiro atoms. The maximum atomic E-state index is 11.0. The molecule has 0 bridgehead atoms. The molecule has 12 heavy (non-hydrogen) atoms. The summed E-state index contributed by atoms with van der Waals surface area (Å²) in [5, 5.41) is 0. The molecule has 3 nitrogen and oxygen atoms in total. The van der Waals surface area contributed by atoms with Crippen molar-refractivity contribution in [2.24, 2.45) is 17.6 Å². The zero-order valence-corrected chi connectivity index (χ0v) is 8.10. The molecule has 0 radical (unpaired) electrons. The Morgan fingerprint density at radius 1 is 1.42 bits per heavy atom. The minimum atomic E-state index is -2.89. The summed E-state index contributed by atoms with van der Waals surface area (Å²) in [5.74, 6) is 1.20.